The average Bonchev–Trinajstić information content (AvgIpc) is 2.16. The Labute approximate surface area is 85.6 Å². The number of halogens is 2. The van der Waals surface area contributed by atoms with E-state index in [1.54, 1.807) is 13.0 Å². The minimum atomic E-state index is -2.48. The van der Waals surface area contributed by atoms with Crippen molar-refractivity contribution in [3.8, 4) is 0 Å². The molecule has 1 aromatic rings. The number of aryl methyl sites for hydroxylation is 1. The predicted octanol–water partition coefficient (Wildman–Crippen LogP) is 0.852. The van der Waals surface area contributed by atoms with Crippen LogP contribution in [0, 0.1) is 6.92 Å². The van der Waals surface area contributed by atoms with Gasteiger partial charge in [0.2, 0.25) is 0 Å². The number of nitrogen functional groups attached to an aromatic ring is 1. The summed E-state index contributed by atoms with van der Waals surface area (Å²) in [6.07, 6.45) is -2.48. The molecule has 0 bridgehead atoms. The van der Waals surface area contributed by atoms with Crippen molar-refractivity contribution >= 4 is 5.82 Å². The summed E-state index contributed by atoms with van der Waals surface area (Å²) in [4.78, 5) is 7.93. The third-order valence-corrected chi connectivity index (χ3v) is 1.52. The van der Waals surface area contributed by atoms with Gasteiger partial charge in [0.25, 0.3) is 6.43 Å². The fourth-order valence-corrected chi connectivity index (χ4v) is 1.01. The Balaban J connectivity index is 2.56. The molecule has 5 nitrogen and oxygen atoms in total. The van der Waals surface area contributed by atoms with Crippen LogP contribution in [0.25, 0.3) is 0 Å². The van der Waals surface area contributed by atoms with Crippen LogP contribution in [0.3, 0.4) is 0 Å². The molecule has 1 rings (SSSR count). The van der Waals surface area contributed by atoms with E-state index >= 15 is 0 Å². The van der Waals surface area contributed by atoms with Crippen molar-refractivity contribution in [2.24, 2.45) is 5.84 Å². The zero-order chi connectivity index (χ0) is 11.3. The van der Waals surface area contributed by atoms with Crippen LogP contribution in [-0.2, 0) is 11.3 Å². The highest BCUT2D eigenvalue weighted by molar-refractivity contribution is 5.33. The second-order valence-corrected chi connectivity index (χ2v) is 2.86. The van der Waals surface area contributed by atoms with Gasteiger partial charge >= 0.3 is 0 Å². The third kappa shape index (κ3) is 4.13. The maximum Gasteiger partial charge on any atom is 0.261 e. The second kappa shape index (κ2) is 5.52. The quantitative estimate of drug-likeness (QED) is 0.566. The van der Waals surface area contributed by atoms with E-state index in [9.17, 15) is 8.78 Å². The molecule has 0 aliphatic carbocycles. The first-order valence-corrected chi connectivity index (χ1v) is 4.29. The van der Waals surface area contributed by atoms with Gasteiger partial charge < -0.3 is 10.2 Å². The van der Waals surface area contributed by atoms with Crippen molar-refractivity contribution in [2.45, 2.75) is 20.0 Å². The van der Waals surface area contributed by atoms with Crippen LogP contribution < -0.4 is 11.3 Å². The van der Waals surface area contributed by atoms with Crippen LogP contribution in [0.4, 0.5) is 14.6 Å². The van der Waals surface area contributed by atoms with Crippen molar-refractivity contribution in [1.82, 2.24) is 9.97 Å². The number of hydrogen-bond donors (Lipinski definition) is 2. The minimum absolute atomic E-state index is 0.0549. The number of hydrazine groups is 1. The molecule has 0 fully saturated rings. The summed E-state index contributed by atoms with van der Waals surface area (Å²) in [5.74, 6) is 5.92. The van der Waals surface area contributed by atoms with E-state index in [-0.39, 0.29) is 6.61 Å². The fraction of sp³-hybridized carbons (Fsp3) is 0.500. The average molecular weight is 218 g/mol. The number of anilines is 1. The summed E-state index contributed by atoms with van der Waals surface area (Å²) < 4.78 is 28.2. The molecule has 15 heavy (non-hydrogen) atoms. The Morgan fingerprint density at radius 3 is 2.87 bits per heavy atom. The van der Waals surface area contributed by atoms with Gasteiger partial charge in [-0.2, -0.15) is 0 Å². The Morgan fingerprint density at radius 1 is 1.53 bits per heavy atom. The van der Waals surface area contributed by atoms with E-state index < -0.39 is 13.0 Å². The molecule has 0 amide bonds. The molecular weight excluding hydrogens is 206 g/mol. The molecule has 0 saturated carbocycles. The first-order valence-electron chi connectivity index (χ1n) is 4.29. The standard InChI is InChI=1S/C8H12F2N4O/c1-5-2-7(14-11)13-8(12-5)4-15-3-6(9)10/h2,6H,3-4,11H2,1H3,(H,12,13,14). The lowest BCUT2D eigenvalue weighted by molar-refractivity contribution is 0.00768. The lowest BCUT2D eigenvalue weighted by atomic mass is 10.4. The Kier molecular flexibility index (Phi) is 4.32. The van der Waals surface area contributed by atoms with E-state index in [1.807, 2.05) is 0 Å². The molecule has 0 radical (unpaired) electrons. The van der Waals surface area contributed by atoms with Gasteiger partial charge in [0.15, 0.2) is 5.82 Å². The summed E-state index contributed by atoms with van der Waals surface area (Å²) in [5.41, 5.74) is 3.04. The summed E-state index contributed by atoms with van der Waals surface area (Å²) in [5, 5.41) is 0. The van der Waals surface area contributed by atoms with Crippen molar-refractivity contribution in [3.63, 3.8) is 0 Å². The largest absolute Gasteiger partial charge is 0.368 e. The molecule has 1 aromatic heterocycles. The smallest absolute Gasteiger partial charge is 0.261 e. The molecule has 0 aromatic carbocycles. The summed E-state index contributed by atoms with van der Waals surface area (Å²) >= 11 is 0. The number of alkyl halides is 2. The Morgan fingerprint density at radius 2 is 2.27 bits per heavy atom. The highest BCUT2D eigenvalue weighted by atomic mass is 19.3. The minimum Gasteiger partial charge on any atom is -0.368 e. The molecule has 0 aliphatic rings. The lowest BCUT2D eigenvalue weighted by Gasteiger charge is -2.05. The molecule has 0 aliphatic heterocycles. The van der Waals surface area contributed by atoms with Gasteiger partial charge in [-0.05, 0) is 6.92 Å². The third-order valence-electron chi connectivity index (χ3n) is 1.52. The molecule has 7 heteroatoms. The van der Waals surface area contributed by atoms with Crippen molar-refractivity contribution in [2.75, 3.05) is 12.0 Å². The first kappa shape index (κ1) is 11.7. The summed E-state index contributed by atoms with van der Waals surface area (Å²) in [6.45, 7) is 1.07. The number of nitrogens with one attached hydrogen (secondary N) is 1. The normalized spacial score (nSPS) is 10.7. The van der Waals surface area contributed by atoms with Gasteiger partial charge in [-0.25, -0.2) is 24.6 Å². The van der Waals surface area contributed by atoms with E-state index in [1.165, 1.54) is 0 Å². The number of ether oxygens (including phenoxy) is 1. The van der Waals surface area contributed by atoms with E-state index in [2.05, 4.69) is 15.4 Å². The molecule has 84 valence electrons. The van der Waals surface area contributed by atoms with Crippen LogP contribution in [0.5, 0.6) is 0 Å². The highest BCUT2D eigenvalue weighted by Crippen LogP contribution is 2.05. The van der Waals surface area contributed by atoms with E-state index in [4.69, 9.17) is 10.6 Å². The first-order chi connectivity index (χ1) is 7.11. The van der Waals surface area contributed by atoms with Crippen LogP contribution in [0.2, 0.25) is 0 Å². The van der Waals surface area contributed by atoms with Crippen molar-refractivity contribution < 1.29 is 13.5 Å². The Hall–Kier alpha value is -1.34. The molecular formula is C8H12F2N4O. The topological polar surface area (TPSA) is 73.1 Å². The number of nitrogens with two attached hydrogens (primary N) is 1. The van der Waals surface area contributed by atoms with Gasteiger partial charge in [-0.3, -0.25) is 0 Å². The number of rotatable bonds is 5. The van der Waals surface area contributed by atoms with Crippen LogP contribution in [-0.4, -0.2) is 23.0 Å². The van der Waals surface area contributed by atoms with Gasteiger partial charge in [-0.1, -0.05) is 0 Å². The summed E-state index contributed by atoms with van der Waals surface area (Å²) in [7, 11) is 0. The molecule has 0 atom stereocenters. The molecule has 3 N–H and O–H groups in total. The molecule has 1 heterocycles. The summed E-state index contributed by atoms with van der Waals surface area (Å²) in [6, 6.07) is 1.64. The van der Waals surface area contributed by atoms with Gasteiger partial charge in [0.05, 0.1) is 0 Å². The maximum absolute atomic E-state index is 11.8. The maximum atomic E-state index is 11.8. The number of aromatic nitrogens is 2. The monoisotopic (exact) mass is 218 g/mol. The molecule has 0 saturated heterocycles. The second-order valence-electron chi connectivity index (χ2n) is 2.86. The van der Waals surface area contributed by atoms with E-state index in [0.29, 0.717) is 17.3 Å². The highest BCUT2D eigenvalue weighted by Gasteiger charge is 2.05. The fourth-order valence-electron chi connectivity index (χ4n) is 1.01. The lowest BCUT2D eigenvalue weighted by Crippen LogP contribution is -2.12. The number of hydrogen-bond acceptors (Lipinski definition) is 5. The number of nitrogens with zero attached hydrogens (tertiary/aromatic N) is 2. The van der Waals surface area contributed by atoms with Crippen LogP contribution in [0.15, 0.2) is 6.07 Å². The van der Waals surface area contributed by atoms with Gasteiger partial charge in [0, 0.05) is 11.8 Å². The zero-order valence-corrected chi connectivity index (χ0v) is 8.20. The van der Waals surface area contributed by atoms with Crippen molar-refractivity contribution in [3.05, 3.63) is 17.6 Å². The van der Waals surface area contributed by atoms with Crippen molar-refractivity contribution in [1.29, 1.82) is 0 Å². The molecule has 0 spiro atoms. The van der Waals surface area contributed by atoms with Crippen LogP contribution in [0.1, 0.15) is 11.5 Å². The van der Waals surface area contributed by atoms with Gasteiger partial charge in [0.1, 0.15) is 19.0 Å². The SMILES string of the molecule is Cc1cc(NN)nc(COCC(F)F)n1. The van der Waals surface area contributed by atoms with E-state index in [0.717, 1.165) is 0 Å². The predicted molar refractivity (Wildman–Crippen MR) is 50.2 cm³/mol. The van der Waals surface area contributed by atoms with Crippen LogP contribution >= 0.6 is 0 Å². The van der Waals surface area contributed by atoms with Gasteiger partial charge in [-0.15, -0.1) is 0 Å². The molecule has 0 unspecified atom stereocenters. The zero-order valence-electron chi connectivity index (χ0n) is 8.20. The Bertz CT molecular complexity index is 322.